The summed E-state index contributed by atoms with van der Waals surface area (Å²) in [6.45, 7) is 6.62. The first-order valence-electron chi connectivity index (χ1n) is 6.23. The number of carbonyl (C=O) groups is 1. The van der Waals surface area contributed by atoms with Gasteiger partial charge in [-0.2, -0.15) is 0 Å². The van der Waals surface area contributed by atoms with Crippen molar-refractivity contribution >= 4 is 23.2 Å². The number of nitrogens with zero attached hydrogens (tertiary/aromatic N) is 1. The van der Waals surface area contributed by atoms with Gasteiger partial charge < -0.3 is 4.90 Å². The molecule has 0 aromatic heterocycles. The minimum atomic E-state index is 0. The molecule has 0 saturated carbocycles. The molecule has 1 radical (unpaired) electrons. The molecular weight excluding hydrogens is 335 g/mol. The molecule has 1 amide bonds. The van der Waals surface area contributed by atoms with Crippen LogP contribution in [0.5, 0.6) is 0 Å². The summed E-state index contributed by atoms with van der Waals surface area (Å²) in [6.07, 6.45) is 4.04. The number of benzene rings is 1. The van der Waals surface area contributed by atoms with E-state index in [2.05, 4.69) is 6.08 Å². The van der Waals surface area contributed by atoms with Crippen LogP contribution in [0, 0.1) is 18.9 Å². The van der Waals surface area contributed by atoms with Gasteiger partial charge in [-0.15, -0.1) is 22.9 Å². The number of amides is 1. The van der Waals surface area contributed by atoms with Crippen LogP contribution in [0.3, 0.4) is 0 Å². The molecule has 1 atom stereocenters. The Balaban J connectivity index is 0.00000180. The Morgan fingerprint density at radius 2 is 2.16 bits per heavy atom. The molecule has 19 heavy (non-hydrogen) atoms. The normalized spacial score (nSPS) is 18.9. The van der Waals surface area contributed by atoms with Gasteiger partial charge in [-0.25, -0.2) is 6.08 Å². The van der Waals surface area contributed by atoms with E-state index in [-0.39, 0.29) is 44.5 Å². The fourth-order valence-corrected chi connectivity index (χ4v) is 2.48. The Morgan fingerprint density at radius 1 is 1.47 bits per heavy atom. The molecule has 0 aliphatic carbocycles. The molecular formula is C15H17ClNOY-. The van der Waals surface area contributed by atoms with Crippen molar-refractivity contribution in [1.82, 2.24) is 4.90 Å². The maximum absolute atomic E-state index is 12.2. The van der Waals surface area contributed by atoms with E-state index in [1.807, 2.05) is 43.9 Å². The molecule has 1 aliphatic heterocycles. The van der Waals surface area contributed by atoms with Crippen LogP contribution < -0.4 is 0 Å². The molecule has 99 valence electrons. The van der Waals surface area contributed by atoms with Gasteiger partial charge in [-0.1, -0.05) is 44.0 Å². The van der Waals surface area contributed by atoms with Crippen molar-refractivity contribution in [2.45, 2.75) is 27.2 Å². The van der Waals surface area contributed by atoms with Crippen molar-refractivity contribution in [2.75, 3.05) is 6.54 Å². The van der Waals surface area contributed by atoms with Crippen LogP contribution in [-0.4, -0.2) is 17.4 Å². The minimum Gasteiger partial charge on any atom is -0.347 e. The maximum atomic E-state index is 12.2. The Bertz CT molecular complexity index is 513. The molecule has 1 aromatic rings. The van der Waals surface area contributed by atoms with Gasteiger partial charge >= 0.3 is 0 Å². The first-order valence-corrected chi connectivity index (χ1v) is 6.61. The number of aryl methyl sites for hydroxylation is 1. The minimum absolute atomic E-state index is 0. The van der Waals surface area contributed by atoms with E-state index in [0.29, 0.717) is 13.0 Å². The van der Waals surface area contributed by atoms with Gasteiger partial charge in [0.05, 0.1) is 0 Å². The van der Waals surface area contributed by atoms with Crippen LogP contribution in [0.1, 0.15) is 31.4 Å². The molecule has 1 unspecified atom stereocenters. The van der Waals surface area contributed by atoms with E-state index in [1.165, 1.54) is 0 Å². The number of carbonyl (C=O) groups excluding carboxylic acids is 1. The first-order chi connectivity index (χ1) is 8.54. The molecule has 0 N–H and O–H groups in total. The van der Waals surface area contributed by atoms with Gasteiger partial charge in [0.25, 0.3) is 0 Å². The van der Waals surface area contributed by atoms with Crippen molar-refractivity contribution in [3.63, 3.8) is 0 Å². The van der Waals surface area contributed by atoms with Gasteiger partial charge in [0.2, 0.25) is 5.91 Å². The van der Waals surface area contributed by atoms with Crippen molar-refractivity contribution in [3.8, 4) is 0 Å². The third-order valence-corrected chi connectivity index (χ3v) is 3.53. The zero-order chi connectivity index (χ0) is 13.3. The van der Waals surface area contributed by atoms with Crippen molar-refractivity contribution in [3.05, 3.63) is 40.4 Å². The second-order valence-corrected chi connectivity index (χ2v) is 5.11. The summed E-state index contributed by atoms with van der Waals surface area (Å²) < 4.78 is 0. The molecule has 4 heteroatoms. The maximum Gasteiger partial charge on any atom is 0.225 e. The number of hydrogen-bond donors (Lipinski definition) is 0. The third-order valence-electron chi connectivity index (χ3n) is 3.29. The van der Waals surface area contributed by atoms with Gasteiger partial charge in [-0.3, -0.25) is 4.79 Å². The molecule has 0 bridgehead atoms. The standard InChI is InChI=1S/C15H17ClNO.Y/c1-4-17-14(8-5-10(2)15(17)18)13-7-6-12(16)9-11(13)3;/h6-7,9-10H,4-5H2,1-3H3;/q-1;. The number of hydrogen-bond acceptors (Lipinski definition) is 1. The van der Waals surface area contributed by atoms with Crippen LogP contribution in [-0.2, 0) is 37.5 Å². The van der Waals surface area contributed by atoms with E-state index in [9.17, 15) is 4.79 Å². The number of rotatable bonds is 2. The van der Waals surface area contributed by atoms with E-state index >= 15 is 0 Å². The SMILES string of the molecule is CCN1C(=O)C(C)C[C-]=C1c1ccc(Cl)cc1C.[Y]. The number of allylic oxidation sites excluding steroid dienone is 1. The van der Waals surface area contributed by atoms with E-state index in [0.717, 1.165) is 21.8 Å². The average Bonchev–Trinajstić information content (AvgIpc) is 2.33. The third kappa shape index (κ3) is 3.48. The van der Waals surface area contributed by atoms with Crippen molar-refractivity contribution in [1.29, 1.82) is 0 Å². The van der Waals surface area contributed by atoms with Crippen molar-refractivity contribution in [2.24, 2.45) is 5.92 Å². The molecule has 2 nitrogen and oxygen atoms in total. The summed E-state index contributed by atoms with van der Waals surface area (Å²) in [7, 11) is 0. The average molecular weight is 352 g/mol. The van der Waals surface area contributed by atoms with Crippen LogP contribution in [0.15, 0.2) is 18.2 Å². The molecule has 0 fully saturated rings. The smallest absolute Gasteiger partial charge is 0.225 e. The second kappa shape index (κ2) is 7.01. The van der Waals surface area contributed by atoms with Crippen molar-refractivity contribution < 1.29 is 37.5 Å². The van der Waals surface area contributed by atoms with Crippen LogP contribution in [0.25, 0.3) is 5.70 Å². The Hall–Kier alpha value is -0.176. The van der Waals surface area contributed by atoms with Crippen LogP contribution in [0.2, 0.25) is 5.02 Å². The fraction of sp³-hybridized carbons (Fsp3) is 0.400. The summed E-state index contributed by atoms with van der Waals surface area (Å²) in [5, 5.41) is 0.718. The summed E-state index contributed by atoms with van der Waals surface area (Å²) in [5.41, 5.74) is 3.02. The number of halogens is 1. The topological polar surface area (TPSA) is 20.3 Å². The van der Waals surface area contributed by atoms with Gasteiger partial charge in [0.15, 0.2) is 0 Å². The predicted molar refractivity (Wildman–Crippen MR) is 74.0 cm³/mol. The molecule has 1 heterocycles. The monoisotopic (exact) mass is 351 g/mol. The molecule has 0 saturated heterocycles. The summed E-state index contributed by atoms with van der Waals surface area (Å²) in [5.74, 6) is 0.210. The largest absolute Gasteiger partial charge is 0.347 e. The zero-order valence-electron chi connectivity index (χ0n) is 11.5. The Labute approximate surface area is 145 Å². The Morgan fingerprint density at radius 3 is 2.74 bits per heavy atom. The molecule has 0 spiro atoms. The molecule has 1 aliphatic rings. The van der Waals surface area contributed by atoms with Crippen LogP contribution in [0.4, 0.5) is 0 Å². The van der Waals surface area contributed by atoms with Gasteiger partial charge in [-0.05, 0) is 6.92 Å². The summed E-state index contributed by atoms with van der Waals surface area (Å²) in [6, 6.07) is 5.74. The molecule has 1 aromatic carbocycles. The van der Waals surface area contributed by atoms with E-state index in [1.54, 1.807) is 0 Å². The van der Waals surface area contributed by atoms with Gasteiger partial charge in [0.1, 0.15) is 0 Å². The summed E-state index contributed by atoms with van der Waals surface area (Å²) >= 11 is 5.97. The first kappa shape index (κ1) is 16.9. The van der Waals surface area contributed by atoms with E-state index in [4.69, 9.17) is 11.6 Å². The Kier molecular flexibility index (Phi) is 6.23. The van der Waals surface area contributed by atoms with E-state index < -0.39 is 0 Å². The second-order valence-electron chi connectivity index (χ2n) is 4.67. The zero-order valence-corrected chi connectivity index (χ0v) is 15.1. The fourth-order valence-electron chi connectivity index (χ4n) is 2.26. The summed E-state index contributed by atoms with van der Waals surface area (Å²) in [4.78, 5) is 14.0. The van der Waals surface area contributed by atoms with Gasteiger partial charge in [0, 0.05) is 50.2 Å². The quantitative estimate of drug-likeness (QED) is 0.744. The van der Waals surface area contributed by atoms with Crippen LogP contribution >= 0.6 is 11.6 Å². The molecule has 2 rings (SSSR count). The predicted octanol–water partition coefficient (Wildman–Crippen LogP) is 3.68.